The van der Waals surface area contributed by atoms with Crippen molar-refractivity contribution in [3.05, 3.63) is 71.3 Å². The van der Waals surface area contributed by atoms with E-state index in [0.717, 1.165) is 7.11 Å². The topological polar surface area (TPSA) is 84.5 Å². The van der Waals surface area contributed by atoms with E-state index >= 15 is 0 Å². The van der Waals surface area contributed by atoms with E-state index in [9.17, 15) is 23.2 Å². The highest BCUT2D eigenvalue weighted by Crippen LogP contribution is 2.11. The molecular formula is C21H22F2N2O4. The number of hydrogen-bond donors (Lipinski definition) is 2. The minimum absolute atomic E-state index is 0.0112. The zero-order valence-corrected chi connectivity index (χ0v) is 16.1. The van der Waals surface area contributed by atoms with Crippen molar-refractivity contribution in [3.63, 3.8) is 0 Å². The largest absolute Gasteiger partial charge is 0.467 e. The molecule has 0 saturated carbocycles. The summed E-state index contributed by atoms with van der Waals surface area (Å²) in [7, 11) is 1.16. The van der Waals surface area contributed by atoms with Crippen LogP contribution in [0.2, 0.25) is 0 Å². The van der Waals surface area contributed by atoms with Crippen molar-refractivity contribution < 1.29 is 27.9 Å². The third-order valence-corrected chi connectivity index (χ3v) is 4.21. The molecule has 0 spiro atoms. The van der Waals surface area contributed by atoms with Gasteiger partial charge in [-0.25, -0.2) is 13.6 Å². The van der Waals surface area contributed by atoms with Crippen LogP contribution in [0.5, 0.6) is 0 Å². The lowest BCUT2D eigenvalue weighted by Gasteiger charge is -2.22. The van der Waals surface area contributed by atoms with Crippen LogP contribution in [0.3, 0.4) is 0 Å². The van der Waals surface area contributed by atoms with Crippen molar-refractivity contribution >= 4 is 17.8 Å². The Morgan fingerprint density at radius 2 is 1.69 bits per heavy atom. The smallest absolute Gasteiger partial charge is 0.328 e. The predicted molar refractivity (Wildman–Crippen MR) is 102 cm³/mol. The first-order valence-electron chi connectivity index (χ1n) is 8.93. The molecule has 2 atom stereocenters. The maximum Gasteiger partial charge on any atom is 0.328 e. The van der Waals surface area contributed by atoms with Gasteiger partial charge in [-0.1, -0.05) is 30.3 Å². The molecule has 0 heterocycles. The van der Waals surface area contributed by atoms with Gasteiger partial charge < -0.3 is 15.4 Å². The Morgan fingerprint density at radius 1 is 0.966 bits per heavy atom. The predicted octanol–water partition coefficient (Wildman–Crippen LogP) is 1.91. The van der Waals surface area contributed by atoms with Crippen LogP contribution < -0.4 is 10.6 Å². The molecule has 2 N–H and O–H groups in total. The number of nitrogens with one attached hydrogen (secondary N) is 2. The molecule has 0 saturated heterocycles. The lowest BCUT2D eigenvalue weighted by Crippen LogP contribution is -2.53. The van der Waals surface area contributed by atoms with Crippen molar-refractivity contribution in [2.24, 2.45) is 0 Å². The maximum absolute atomic E-state index is 14.0. The van der Waals surface area contributed by atoms with Crippen LogP contribution in [-0.2, 0) is 32.0 Å². The molecule has 0 fully saturated rings. The fourth-order valence-electron chi connectivity index (χ4n) is 2.85. The van der Waals surface area contributed by atoms with E-state index in [1.165, 1.54) is 43.3 Å². The first-order chi connectivity index (χ1) is 13.8. The van der Waals surface area contributed by atoms with Crippen LogP contribution in [0.25, 0.3) is 0 Å². The van der Waals surface area contributed by atoms with E-state index in [1.807, 2.05) is 0 Å². The molecular weight excluding hydrogens is 382 g/mol. The van der Waals surface area contributed by atoms with Crippen molar-refractivity contribution in [1.82, 2.24) is 10.6 Å². The quantitative estimate of drug-likeness (QED) is 0.659. The summed E-state index contributed by atoms with van der Waals surface area (Å²) in [4.78, 5) is 36.4. The molecule has 0 radical (unpaired) electrons. The van der Waals surface area contributed by atoms with Crippen LogP contribution in [0.1, 0.15) is 18.1 Å². The van der Waals surface area contributed by atoms with Gasteiger partial charge in [0.05, 0.1) is 7.11 Å². The number of methoxy groups -OCH3 is 1. The normalized spacial score (nSPS) is 12.6. The summed E-state index contributed by atoms with van der Waals surface area (Å²) in [6, 6.07) is 9.26. The van der Waals surface area contributed by atoms with Gasteiger partial charge in [-0.05, 0) is 29.3 Å². The Morgan fingerprint density at radius 3 is 2.31 bits per heavy atom. The van der Waals surface area contributed by atoms with Crippen LogP contribution in [0.15, 0.2) is 48.5 Å². The molecule has 0 unspecified atom stereocenters. The van der Waals surface area contributed by atoms with Crippen molar-refractivity contribution in [2.45, 2.75) is 31.8 Å². The van der Waals surface area contributed by atoms with Gasteiger partial charge in [0.2, 0.25) is 11.8 Å². The summed E-state index contributed by atoms with van der Waals surface area (Å²) in [6.45, 7) is 1.23. The second kappa shape index (κ2) is 10.3. The summed E-state index contributed by atoms with van der Waals surface area (Å²) >= 11 is 0. The van der Waals surface area contributed by atoms with Gasteiger partial charge in [-0.15, -0.1) is 0 Å². The molecule has 2 rings (SSSR count). The molecule has 0 aliphatic heterocycles. The van der Waals surface area contributed by atoms with Gasteiger partial charge in [0.1, 0.15) is 23.7 Å². The molecule has 6 nitrogen and oxygen atoms in total. The van der Waals surface area contributed by atoms with Gasteiger partial charge in [0, 0.05) is 19.8 Å². The minimum atomic E-state index is -1.11. The highest BCUT2D eigenvalue weighted by Gasteiger charge is 2.28. The monoisotopic (exact) mass is 404 g/mol. The average molecular weight is 404 g/mol. The van der Waals surface area contributed by atoms with E-state index in [4.69, 9.17) is 4.74 Å². The van der Waals surface area contributed by atoms with E-state index < -0.39 is 41.5 Å². The van der Waals surface area contributed by atoms with Crippen molar-refractivity contribution in [2.75, 3.05) is 7.11 Å². The molecule has 0 aliphatic carbocycles. The minimum Gasteiger partial charge on any atom is -0.467 e. The number of halogens is 2. The first-order valence-corrected chi connectivity index (χ1v) is 8.93. The third kappa shape index (κ3) is 6.67. The molecule has 2 aromatic carbocycles. The van der Waals surface area contributed by atoms with Gasteiger partial charge in [0.15, 0.2) is 0 Å². The molecule has 0 aromatic heterocycles. The van der Waals surface area contributed by atoms with E-state index in [2.05, 4.69) is 10.6 Å². The van der Waals surface area contributed by atoms with Crippen molar-refractivity contribution in [3.8, 4) is 0 Å². The number of carbonyl (C=O) groups excluding carboxylic acids is 3. The molecule has 0 bridgehead atoms. The van der Waals surface area contributed by atoms with Crippen molar-refractivity contribution in [1.29, 1.82) is 0 Å². The Hall–Kier alpha value is -3.29. The Labute approximate surface area is 167 Å². The van der Waals surface area contributed by atoms with Gasteiger partial charge in [-0.2, -0.15) is 0 Å². The lowest BCUT2D eigenvalue weighted by molar-refractivity contribution is -0.145. The Kier molecular flexibility index (Phi) is 7.82. The van der Waals surface area contributed by atoms with E-state index in [0.29, 0.717) is 5.56 Å². The fourth-order valence-corrected chi connectivity index (χ4v) is 2.85. The van der Waals surface area contributed by atoms with Gasteiger partial charge in [0.25, 0.3) is 0 Å². The summed E-state index contributed by atoms with van der Waals surface area (Å²) < 4.78 is 32.1. The van der Waals surface area contributed by atoms with Crippen LogP contribution >= 0.6 is 0 Å². The van der Waals surface area contributed by atoms with E-state index in [-0.39, 0.29) is 18.4 Å². The number of benzene rings is 2. The SMILES string of the molecule is COC(=O)[C@H](Cc1cccc(F)c1)NC(=O)[C@H](Cc1ccccc1F)NC(C)=O. The number of carbonyl (C=O) groups is 3. The molecule has 2 amide bonds. The van der Waals surface area contributed by atoms with Gasteiger partial charge in [-0.3, -0.25) is 9.59 Å². The standard InChI is InChI=1S/C21H22F2N2O4/c1-13(26)24-18(12-15-7-3-4-9-17(15)23)20(27)25-19(21(28)29-2)11-14-6-5-8-16(22)10-14/h3-10,18-19H,11-12H2,1-2H3,(H,24,26)(H,25,27)/t18-,19-/m0/s1. The fraction of sp³-hybridized carbons (Fsp3) is 0.286. The summed E-state index contributed by atoms with van der Waals surface area (Å²) in [5.41, 5.74) is 0.715. The number of amides is 2. The molecule has 2 aromatic rings. The van der Waals surface area contributed by atoms with Crippen LogP contribution in [-0.4, -0.2) is 37.0 Å². The van der Waals surface area contributed by atoms with Gasteiger partial charge >= 0.3 is 5.97 Å². The Balaban J connectivity index is 2.19. The lowest BCUT2D eigenvalue weighted by atomic mass is 10.0. The number of esters is 1. The van der Waals surface area contributed by atoms with Crippen LogP contribution in [0, 0.1) is 11.6 Å². The maximum atomic E-state index is 14.0. The zero-order chi connectivity index (χ0) is 21.4. The molecule has 29 heavy (non-hydrogen) atoms. The first kappa shape index (κ1) is 22.0. The van der Waals surface area contributed by atoms with Crippen LogP contribution in [0.4, 0.5) is 8.78 Å². The van der Waals surface area contributed by atoms with E-state index in [1.54, 1.807) is 12.1 Å². The summed E-state index contributed by atoms with van der Waals surface area (Å²) in [5.74, 6) is -2.89. The summed E-state index contributed by atoms with van der Waals surface area (Å²) in [6.07, 6.45) is -0.116. The number of hydrogen-bond acceptors (Lipinski definition) is 4. The molecule has 0 aliphatic rings. The highest BCUT2D eigenvalue weighted by atomic mass is 19.1. The average Bonchev–Trinajstić information content (AvgIpc) is 2.67. The second-order valence-electron chi connectivity index (χ2n) is 6.47. The summed E-state index contributed by atoms with van der Waals surface area (Å²) in [5, 5.41) is 4.97. The molecule has 154 valence electrons. The zero-order valence-electron chi connectivity index (χ0n) is 16.1. The highest BCUT2D eigenvalue weighted by molar-refractivity contribution is 5.90. The Bertz CT molecular complexity index is 888. The third-order valence-electron chi connectivity index (χ3n) is 4.21. The molecule has 8 heteroatoms. The number of ether oxygens (including phenoxy) is 1. The number of rotatable bonds is 8. The second-order valence-corrected chi connectivity index (χ2v) is 6.47.